The monoisotopic (exact) mass is 296 g/mol. The fourth-order valence-electron chi connectivity index (χ4n) is 2.39. The molecule has 0 saturated heterocycles. The molecule has 1 aliphatic rings. The van der Waals surface area contributed by atoms with Gasteiger partial charge in [-0.15, -0.1) is 0 Å². The first-order chi connectivity index (χ1) is 10.6. The van der Waals surface area contributed by atoms with Crippen molar-refractivity contribution in [1.82, 2.24) is 0 Å². The zero-order valence-corrected chi connectivity index (χ0v) is 13.1. The van der Waals surface area contributed by atoms with Gasteiger partial charge in [0, 0.05) is 0 Å². The van der Waals surface area contributed by atoms with Gasteiger partial charge in [0.15, 0.2) is 0 Å². The Balaban J connectivity index is 1.96. The van der Waals surface area contributed by atoms with Gasteiger partial charge in [-0.1, -0.05) is 24.3 Å². The van der Waals surface area contributed by atoms with Crippen molar-refractivity contribution < 1.29 is 9.47 Å². The molecule has 2 aromatic carbocycles. The zero-order valence-electron chi connectivity index (χ0n) is 13.1. The molecule has 0 radical (unpaired) electrons. The molecule has 0 spiro atoms. The lowest BCUT2D eigenvalue weighted by Gasteiger charge is -2.14. The molecule has 1 N–H and O–H groups in total. The summed E-state index contributed by atoms with van der Waals surface area (Å²) in [6.07, 6.45) is 0. The van der Waals surface area contributed by atoms with Crippen molar-refractivity contribution in [1.29, 1.82) is 0 Å². The molecule has 2 aromatic rings. The molecule has 4 nitrogen and oxygen atoms in total. The van der Waals surface area contributed by atoms with E-state index in [4.69, 9.17) is 9.47 Å². The van der Waals surface area contributed by atoms with Crippen molar-refractivity contribution in [2.45, 2.75) is 19.4 Å². The maximum Gasteiger partial charge on any atom is 0.218 e. The Labute approximate surface area is 130 Å². The molecule has 0 atom stereocenters. The highest BCUT2D eigenvalue weighted by Crippen LogP contribution is 2.30. The molecular weight excluding hydrogens is 276 g/mol. The number of aliphatic imine (C=N–C) groups is 1. The van der Waals surface area contributed by atoms with Gasteiger partial charge < -0.3 is 14.8 Å². The summed E-state index contributed by atoms with van der Waals surface area (Å²) in [4.78, 5) is 4.66. The van der Waals surface area contributed by atoms with Crippen LogP contribution in [0.5, 0.6) is 5.75 Å². The van der Waals surface area contributed by atoms with Gasteiger partial charge in [-0.05, 0) is 38.1 Å². The van der Waals surface area contributed by atoms with Gasteiger partial charge >= 0.3 is 0 Å². The summed E-state index contributed by atoms with van der Waals surface area (Å²) in [5, 5.41) is 3.41. The van der Waals surface area contributed by atoms with Gasteiger partial charge in [0.25, 0.3) is 0 Å². The highest BCUT2D eigenvalue weighted by molar-refractivity contribution is 6.01. The Kier molecular flexibility index (Phi) is 3.75. The Bertz CT molecular complexity index is 708. The van der Waals surface area contributed by atoms with Crippen LogP contribution in [0.1, 0.15) is 19.4 Å². The van der Waals surface area contributed by atoms with Crippen molar-refractivity contribution in [3.05, 3.63) is 54.1 Å². The lowest BCUT2D eigenvalue weighted by molar-refractivity contribution is 0.279. The van der Waals surface area contributed by atoms with E-state index in [2.05, 4.69) is 24.2 Å². The summed E-state index contributed by atoms with van der Waals surface area (Å²) in [5.74, 6) is 1.48. The molecule has 4 heteroatoms. The van der Waals surface area contributed by atoms with Crippen LogP contribution in [0.3, 0.4) is 0 Å². The van der Waals surface area contributed by atoms with Crippen LogP contribution < -0.4 is 10.1 Å². The van der Waals surface area contributed by atoms with Gasteiger partial charge in [0.2, 0.25) is 5.90 Å². The molecule has 0 fully saturated rings. The molecule has 22 heavy (non-hydrogen) atoms. The van der Waals surface area contributed by atoms with E-state index in [9.17, 15) is 0 Å². The predicted octanol–water partition coefficient (Wildman–Crippen LogP) is 3.99. The van der Waals surface area contributed by atoms with E-state index >= 15 is 0 Å². The van der Waals surface area contributed by atoms with Crippen LogP contribution in [0.4, 0.5) is 11.4 Å². The molecule has 0 aliphatic carbocycles. The second-order valence-corrected chi connectivity index (χ2v) is 5.89. The predicted molar refractivity (Wildman–Crippen MR) is 89.3 cm³/mol. The lowest BCUT2D eigenvalue weighted by Crippen LogP contribution is -2.17. The summed E-state index contributed by atoms with van der Waals surface area (Å²) in [6, 6.07) is 15.8. The van der Waals surface area contributed by atoms with Crippen LogP contribution >= 0.6 is 0 Å². The smallest absolute Gasteiger partial charge is 0.218 e. The third kappa shape index (κ3) is 2.91. The third-order valence-electron chi connectivity index (χ3n) is 3.50. The maximum absolute atomic E-state index is 5.77. The first-order valence-corrected chi connectivity index (χ1v) is 7.31. The summed E-state index contributed by atoms with van der Waals surface area (Å²) in [5.41, 5.74) is 2.64. The molecule has 0 bridgehead atoms. The van der Waals surface area contributed by atoms with Gasteiger partial charge in [-0.2, -0.15) is 0 Å². The van der Waals surface area contributed by atoms with Gasteiger partial charge in [0.05, 0.1) is 29.6 Å². The number of rotatable bonds is 4. The fourth-order valence-corrected chi connectivity index (χ4v) is 2.39. The van der Waals surface area contributed by atoms with Crippen molar-refractivity contribution >= 4 is 17.3 Å². The Morgan fingerprint density at radius 1 is 1.05 bits per heavy atom. The number of hydrogen-bond donors (Lipinski definition) is 1. The van der Waals surface area contributed by atoms with Crippen LogP contribution in [0.2, 0.25) is 0 Å². The maximum atomic E-state index is 5.77. The first kappa shape index (κ1) is 14.4. The highest BCUT2D eigenvalue weighted by Gasteiger charge is 2.28. The molecule has 0 amide bonds. The van der Waals surface area contributed by atoms with Crippen molar-refractivity contribution in [3.63, 3.8) is 0 Å². The molecular formula is C18H20N2O2. The Morgan fingerprint density at radius 2 is 1.73 bits per heavy atom. The lowest BCUT2D eigenvalue weighted by atomic mass is 10.1. The van der Waals surface area contributed by atoms with Gasteiger partial charge in [0.1, 0.15) is 12.4 Å². The minimum Gasteiger partial charge on any atom is -0.495 e. The van der Waals surface area contributed by atoms with E-state index in [0.717, 1.165) is 22.7 Å². The van der Waals surface area contributed by atoms with Gasteiger partial charge in [-0.25, -0.2) is 4.99 Å². The molecule has 1 aliphatic heterocycles. The number of nitrogens with zero attached hydrogens (tertiary/aromatic N) is 1. The van der Waals surface area contributed by atoms with E-state index in [1.807, 2.05) is 48.5 Å². The normalized spacial score (nSPS) is 15.9. The van der Waals surface area contributed by atoms with E-state index in [1.54, 1.807) is 7.11 Å². The number of anilines is 2. The van der Waals surface area contributed by atoms with Gasteiger partial charge in [-0.3, -0.25) is 0 Å². The highest BCUT2D eigenvalue weighted by atomic mass is 16.5. The number of nitrogens with one attached hydrogen (secondary N) is 1. The zero-order chi connectivity index (χ0) is 15.6. The first-order valence-electron chi connectivity index (χ1n) is 7.31. The average Bonchev–Trinajstić information content (AvgIpc) is 2.88. The molecule has 114 valence electrons. The number of benzene rings is 2. The summed E-state index contributed by atoms with van der Waals surface area (Å²) >= 11 is 0. The number of ether oxygens (including phenoxy) is 2. The summed E-state index contributed by atoms with van der Waals surface area (Å²) in [7, 11) is 1.67. The summed E-state index contributed by atoms with van der Waals surface area (Å²) < 4.78 is 11.2. The van der Waals surface area contributed by atoms with E-state index in [1.165, 1.54) is 0 Å². The SMILES string of the molecule is COc1ccccc1Nc1ccccc1C1=NC(C)(C)CO1. The summed E-state index contributed by atoms with van der Waals surface area (Å²) in [6.45, 7) is 4.73. The topological polar surface area (TPSA) is 42.8 Å². The number of methoxy groups -OCH3 is 1. The number of hydrogen-bond acceptors (Lipinski definition) is 4. The van der Waals surface area contributed by atoms with Crippen LogP contribution in [0.15, 0.2) is 53.5 Å². The standard InChI is InChI=1S/C18H20N2O2/c1-18(2)12-22-17(20-18)13-8-4-5-9-14(13)19-15-10-6-7-11-16(15)21-3/h4-11,19H,12H2,1-3H3. The van der Waals surface area contributed by atoms with Crippen LogP contribution in [0.25, 0.3) is 0 Å². The average molecular weight is 296 g/mol. The van der Waals surface area contributed by atoms with E-state index < -0.39 is 0 Å². The van der Waals surface area contributed by atoms with Crippen molar-refractivity contribution in [2.75, 3.05) is 19.0 Å². The minimum absolute atomic E-state index is 0.174. The molecule has 0 unspecified atom stereocenters. The fraction of sp³-hybridized carbons (Fsp3) is 0.278. The largest absolute Gasteiger partial charge is 0.495 e. The quantitative estimate of drug-likeness (QED) is 0.927. The third-order valence-corrected chi connectivity index (χ3v) is 3.50. The minimum atomic E-state index is -0.174. The molecule has 0 aromatic heterocycles. The van der Waals surface area contributed by atoms with Crippen LogP contribution in [-0.4, -0.2) is 25.2 Å². The van der Waals surface area contributed by atoms with E-state index in [0.29, 0.717) is 12.5 Å². The molecule has 1 heterocycles. The Hall–Kier alpha value is -2.49. The second-order valence-electron chi connectivity index (χ2n) is 5.89. The number of para-hydroxylation sites is 3. The van der Waals surface area contributed by atoms with Crippen LogP contribution in [0, 0.1) is 0 Å². The van der Waals surface area contributed by atoms with Crippen LogP contribution in [-0.2, 0) is 4.74 Å². The van der Waals surface area contributed by atoms with Crippen molar-refractivity contribution in [3.8, 4) is 5.75 Å². The second kappa shape index (κ2) is 5.72. The Morgan fingerprint density at radius 3 is 2.41 bits per heavy atom. The molecule has 0 saturated carbocycles. The van der Waals surface area contributed by atoms with E-state index in [-0.39, 0.29) is 5.54 Å². The molecule has 3 rings (SSSR count). The van der Waals surface area contributed by atoms with Crippen molar-refractivity contribution in [2.24, 2.45) is 4.99 Å².